The van der Waals surface area contributed by atoms with Gasteiger partial charge in [0.2, 0.25) is 0 Å². The standard InChI is InChI=1S/C21H28FN3O2/c1-13(2)6-7-15(26)12-27-21-16(14-4-3-5-14)8-9-17(20(21)22)18-10-25-19(23)11-24-18/h8-11,13-15,26H,3-7,12H2,1-2H3,(H2,23,25). The van der Waals surface area contributed by atoms with Crippen molar-refractivity contribution in [2.24, 2.45) is 5.92 Å². The molecule has 1 aromatic heterocycles. The lowest BCUT2D eigenvalue weighted by Gasteiger charge is -2.28. The van der Waals surface area contributed by atoms with Crippen molar-refractivity contribution < 1.29 is 14.2 Å². The van der Waals surface area contributed by atoms with Gasteiger partial charge in [-0.25, -0.2) is 9.37 Å². The highest BCUT2D eigenvalue weighted by Gasteiger charge is 2.27. The van der Waals surface area contributed by atoms with Crippen LogP contribution in [0.5, 0.6) is 5.75 Å². The molecule has 1 heterocycles. The average Bonchev–Trinajstić information content (AvgIpc) is 2.59. The third kappa shape index (κ3) is 4.75. The number of ether oxygens (including phenoxy) is 1. The molecule has 1 aliphatic carbocycles. The van der Waals surface area contributed by atoms with Crippen LogP contribution in [0.1, 0.15) is 57.4 Å². The monoisotopic (exact) mass is 373 g/mol. The first-order chi connectivity index (χ1) is 13.0. The minimum atomic E-state index is -0.610. The van der Waals surface area contributed by atoms with Gasteiger partial charge in [-0.05, 0) is 43.6 Å². The topological polar surface area (TPSA) is 81.3 Å². The quantitative estimate of drug-likeness (QED) is 0.721. The van der Waals surface area contributed by atoms with E-state index < -0.39 is 11.9 Å². The van der Waals surface area contributed by atoms with E-state index in [4.69, 9.17) is 10.5 Å². The Morgan fingerprint density at radius 1 is 1.22 bits per heavy atom. The van der Waals surface area contributed by atoms with E-state index in [1.807, 2.05) is 6.07 Å². The lowest BCUT2D eigenvalue weighted by molar-refractivity contribution is 0.0919. The van der Waals surface area contributed by atoms with Crippen molar-refractivity contribution in [3.8, 4) is 17.0 Å². The molecule has 0 amide bonds. The molecule has 1 unspecified atom stereocenters. The van der Waals surface area contributed by atoms with Crippen molar-refractivity contribution >= 4 is 5.82 Å². The smallest absolute Gasteiger partial charge is 0.174 e. The summed E-state index contributed by atoms with van der Waals surface area (Å²) in [6, 6.07) is 3.64. The van der Waals surface area contributed by atoms with Crippen molar-refractivity contribution in [2.75, 3.05) is 12.3 Å². The SMILES string of the molecule is CC(C)CCC(O)COc1c(C2CCC2)ccc(-c2cnc(N)cn2)c1F. The van der Waals surface area contributed by atoms with Crippen LogP contribution in [0, 0.1) is 11.7 Å². The summed E-state index contributed by atoms with van der Waals surface area (Å²) in [5.41, 5.74) is 7.19. The maximum absolute atomic E-state index is 15.3. The number of hydrogen-bond acceptors (Lipinski definition) is 5. The molecule has 0 aliphatic heterocycles. The molecule has 27 heavy (non-hydrogen) atoms. The normalized spacial score (nSPS) is 15.6. The van der Waals surface area contributed by atoms with Gasteiger partial charge in [-0.2, -0.15) is 0 Å². The Balaban J connectivity index is 1.84. The summed E-state index contributed by atoms with van der Waals surface area (Å²) >= 11 is 0. The maximum Gasteiger partial charge on any atom is 0.174 e. The predicted octanol–water partition coefficient (Wildman–Crippen LogP) is 4.31. The highest BCUT2D eigenvalue weighted by Crippen LogP contribution is 2.43. The molecular weight excluding hydrogens is 345 g/mol. The Kier molecular flexibility index (Phi) is 6.26. The number of hydrogen-bond donors (Lipinski definition) is 2. The summed E-state index contributed by atoms with van der Waals surface area (Å²) in [6.07, 6.45) is 7.02. The van der Waals surface area contributed by atoms with Gasteiger partial charge in [-0.1, -0.05) is 26.3 Å². The van der Waals surface area contributed by atoms with Crippen LogP contribution >= 0.6 is 0 Å². The average molecular weight is 373 g/mol. The number of rotatable bonds is 8. The van der Waals surface area contributed by atoms with E-state index in [9.17, 15) is 5.11 Å². The van der Waals surface area contributed by atoms with Gasteiger partial charge in [0.05, 0.1) is 24.2 Å². The number of nitrogen functional groups attached to an aromatic ring is 1. The summed E-state index contributed by atoms with van der Waals surface area (Å²) in [5.74, 6) is 0.896. The minimum absolute atomic E-state index is 0.0836. The van der Waals surface area contributed by atoms with E-state index in [-0.39, 0.29) is 18.2 Å². The maximum atomic E-state index is 15.3. The van der Waals surface area contributed by atoms with Crippen molar-refractivity contribution in [1.29, 1.82) is 0 Å². The summed E-state index contributed by atoms with van der Waals surface area (Å²) in [5, 5.41) is 10.2. The van der Waals surface area contributed by atoms with Crippen molar-refractivity contribution in [2.45, 2.75) is 58.0 Å². The van der Waals surface area contributed by atoms with Crippen LogP contribution in [0.25, 0.3) is 11.3 Å². The van der Waals surface area contributed by atoms with E-state index in [0.717, 1.165) is 31.2 Å². The number of nitrogens with zero attached hydrogens (tertiary/aromatic N) is 2. The molecule has 1 aromatic carbocycles. The van der Waals surface area contributed by atoms with E-state index in [1.165, 1.54) is 12.4 Å². The first-order valence-electron chi connectivity index (χ1n) is 9.66. The Morgan fingerprint density at radius 2 is 2.00 bits per heavy atom. The zero-order valence-corrected chi connectivity index (χ0v) is 16.0. The second-order valence-corrected chi connectivity index (χ2v) is 7.74. The second-order valence-electron chi connectivity index (χ2n) is 7.74. The molecule has 5 nitrogen and oxygen atoms in total. The Hall–Kier alpha value is -2.21. The molecule has 146 valence electrons. The van der Waals surface area contributed by atoms with Gasteiger partial charge in [-0.3, -0.25) is 4.98 Å². The van der Waals surface area contributed by atoms with Crippen LogP contribution in [0.15, 0.2) is 24.5 Å². The summed E-state index contributed by atoms with van der Waals surface area (Å²) in [7, 11) is 0. The zero-order chi connectivity index (χ0) is 19.4. The Labute approximate surface area is 159 Å². The molecule has 0 spiro atoms. The van der Waals surface area contributed by atoms with E-state index in [0.29, 0.717) is 29.5 Å². The summed E-state index contributed by atoms with van der Waals surface area (Å²) in [4.78, 5) is 8.16. The van der Waals surface area contributed by atoms with Gasteiger partial charge in [0, 0.05) is 11.1 Å². The van der Waals surface area contributed by atoms with Crippen LogP contribution in [-0.4, -0.2) is 27.8 Å². The molecule has 0 bridgehead atoms. The Bertz CT molecular complexity index is 761. The fraction of sp³-hybridized carbons (Fsp3) is 0.524. The van der Waals surface area contributed by atoms with Crippen LogP contribution in [-0.2, 0) is 0 Å². The number of aliphatic hydroxyl groups excluding tert-OH is 1. The van der Waals surface area contributed by atoms with E-state index in [2.05, 4.69) is 23.8 Å². The highest BCUT2D eigenvalue weighted by atomic mass is 19.1. The van der Waals surface area contributed by atoms with Crippen LogP contribution < -0.4 is 10.5 Å². The minimum Gasteiger partial charge on any atom is -0.487 e. The largest absolute Gasteiger partial charge is 0.487 e. The zero-order valence-electron chi connectivity index (χ0n) is 16.0. The number of aromatic nitrogens is 2. The van der Waals surface area contributed by atoms with Gasteiger partial charge in [0.25, 0.3) is 0 Å². The van der Waals surface area contributed by atoms with E-state index in [1.54, 1.807) is 6.07 Å². The lowest BCUT2D eigenvalue weighted by Crippen LogP contribution is -2.20. The third-order valence-electron chi connectivity index (χ3n) is 5.12. The fourth-order valence-corrected chi connectivity index (χ4v) is 3.22. The molecule has 1 saturated carbocycles. The molecule has 1 aliphatic rings. The van der Waals surface area contributed by atoms with Crippen LogP contribution in [0.4, 0.5) is 10.2 Å². The second kappa shape index (κ2) is 8.65. The molecule has 3 N–H and O–H groups in total. The molecule has 0 radical (unpaired) electrons. The van der Waals surface area contributed by atoms with Crippen LogP contribution in [0.2, 0.25) is 0 Å². The van der Waals surface area contributed by atoms with Gasteiger partial charge < -0.3 is 15.6 Å². The number of aliphatic hydroxyl groups is 1. The highest BCUT2D eigenvalue weighted by molar-refractivity contribution is 5.64. The van der Waals surface area contributed by atoms with Gasteiger partial charge in [0.1, 0.15) is 12.4 Å². The first-order valence-corrected chi connectivity index (χ1v) is 9.66. The molecular formula is C21H28FN3O2. The fourth-order valence-electron chi connectivity index (χ4n) is 3.22. The molecule has 3 rings (SSSR count). The molecule has 0 saturated heterocycles. The predicted molar refractivity (Wildman–Crippen MR) is 104 cm³/mol. The Morgan fingerprint density at radius 3 is 2.59 bits per heavy atom. The number of halogens is 1. The number of benzene rings is 1. The molecule has 1 atom stereocenters. The molecule has 6 heteroatoms. The summed E-state index contributed by atoms with van der Waals surface area (Å²) in [6.45, 7) is 4.30. The number of nitrogens with two attached hydrogens (primary N) is 1. The number of anilines is 1. The van der Waals surface area contributed by atoms with E-state index >= 15 is 4.39 Å². The van der Waals surface area contributed by atoms with Gasteiger partial charge >= 0.3 is 0 Å². The van der Waals surface area contributed by atoms with Gasteiger partial charge in [-0.15, -0.1) is 0 Å². The molecule has 1 fully saturated rings. The third-order valence-corrected chi connectivity index (χ3v) is 5.12. The van der Waals surface area contributed by atoms with Crippen molar-refractivity contribution in [3.63, 3.8) is 0 Å². The summed E-state index contributed by atoms with van der Waals surface area (Å²) < 4.78 is 21.1. The molecule has 2 aromatic rings. The lowest BCUT2D eigenvalue weighted by atomic mass is 9.79. The van der Waals surface area contributed by atoms with Crippen molar-refractivity contribution in [1.82, 2.24) is 9.97 Å². The van der Waals surface area contributed by atoms with Crippen molar-refractivity contribution in [3.05, 3.63) is 35.9 Å². The van der Waals surface area contributed by atoms with Crippen LogP contribution in [0.3, 0.4) is 0 Å². The first kappa shape index (κ1) is 19.5. The van der Waals surface area contributed by atoms with Gasteiger partial charge in [0.15, 0.2) is 11.6 Å².